The van der Waals surface area contributed by atoms with Gasteiger partial charge in [0.1, 0.15) is 5.78 Å². The minimum atomic E-state index is -0.294. The molecule has 3 heteroatoms. The van der Waals surface area contributed by atoms with Crippen molar-refractivity contribution in [2.24, 2.45) is 5.92 Å². The van der Waals surface area contributed by atoms with Crippen molar-refractivity contribution in [1.29, 1.82) is 0 Å². The first-order valence-electron chi connectivity index (χ1n) is 6.88. The number of methoxy groups -OCH3 is 1. The summed E-state index contributed by atoms with van der Waals surface area (Å²) in [5.74, 6) is 0.800. The fourth-order valence-corrected chi connectivity index (χ4v) is 2.58. The molecule has 3 nitrogen and oxygen atoms in total. The number of ketones is 1. The monoisotopic (exact) mass is 260 g/mol. The molecule has 0 amide bonds. The van der Waals surface area contributed by atoms with Crippen molar-refractivity contribution in [3.8, 4) is 0 Å². The van der Waals surface area contributed by atoms with Crippen molar-refractivity contribution in [2.75, 3.05) is 7.11 Å². The first-order chi connectivity index (χ1) is 9.19. The van der Waals surface area contributed by atoms with Crippen LogP contribution in [0, 0.1) is 5.92 Å². The molecule has 0 bridgehead atoms. The fraction of sp³-hybridized carbons (Fsp3) is 0.500. The van der Waals surface area contributed by atoms with E-state index in [1.807, 2.05) is 24.3 Å². The van der Waals surface area contributed by atoms with E-state index in [1.165, 1.54) is 12.7 Å². The molecule has 1 aliphatic rings. The molecular weight excluding hydrogens is 240 g/mol. The fourth-order valence-electron chi connectivity index (χ4n) is 2.58. The smallest absolute Gasteiger partial charge is 0.337 e. The molecular formula is C16H20O3. The van der Waals surface area contributed by atoms with Crippen molar-refractivity contribution in [3.05, 3.63) is 35.4 Å². The van der Waals surface area contributed by atoms with Crippen LogP contribution in [-0.2, 0) is 16.0 Å². The van der Waals surface area contributed by atoms with Gasteiger partial charge in [0.25, 0.3) is 0 Å². The second-order valence-corrected chi connectivity index (χ2v) is 5.21. The van der Waals surface area contributed by atoms with Gasteiger partial charge in [-0.25, -0.2) is 4.79 Å². The summed E-state index contributed by atoms with van der Waals surface area (Å²) in [6, 6.07) is 7.59. The number of aryl methyl sites for hydroxylation is 1. The summed E-state index contributed by atoms with van der Waals surface area (Å²) in [4.78, 5) is 22.5. The Labute approximate surface area is 114 Å². The van der Waals surface area contributed by atoms with Crippen molar-refractivity contribution in [1.82, 2.24) is 0 Å². The predicted molar refractivity (Wildman–Crippen MR) is 73.1 cm³/mol. The normalized spacial score (nSPS) is 16.4. The van der Waals surface area contributed by atoms with E-state index in [0.717, 1.165) is 38.5 Å². The van der Waals surface area contributed by atoms with E-state index in [1.54, 1.807) is 0 Å². The average Bonchev–Trinajstić information content (AvgIpc) is 2.46. The minimum Gasteiger partial charge on any atom is -0.465 e. The SMILES string of the molecule is COC(=O)c1ccc(CCC2CCC(=O)CC2)cc1. The molecule has 0 heterocycles. The molecule has 1 saturated carbocycles. The minimum absolute atomic E-state index is 0.294. The van der Waals surface area contributed by atoms with Gasteiger partial charge in [-0.2, -0.15) is 0 Å². The second-order valence-electron chi connectivity index (χ2n) is 5.21. The Morgan fingerprint density at radius 1 is 1.21 bits per heavy atom. The summed E-state index contributed by atoms with van der Waals surface area (Å²) in [7, 11) is 1.39. The quantitative estimate of drug-likeness (QED) is 0.781. The number of rotatable bonds is 4. The van der Waals surface area contributed by atoms with Gasteiger partial charge in [0, 0.05) is 12.8 Å². The highest BCUT2D eigenvalue weighted by Gasteiger charge is 2.18. The summed E-state index contributed by atoms with van der Waals surface area (Å²) in [6.07, 6.45) is 5.74. The van der Waals surface area contributed by atoms with Crippen LogP contribution in [0.1, 0.15) is 48.0 Å². The highest BCUT2D eigenvalue weighted by atomic mass is 16.5. The molecule has 102 valence electrons. The Morgan fingerprint density at radius 3 is 2.42 bits per heavy atom. The maximum Gasteiger partial charge on any atom is 0.337 e. The van der Waals surface area contributed by atoms with Gasteiger partial charge >= 0.3 is 5.97 Å². The molecule has 1 fully saturated rings. The zero-order valence-electron chi connectivity index (χ0n) is 11.4. The van der Waals surface area contributed by atoms with Gasteiger partial charge in [-0.05, 0) is 49.3 Å². The maximum absolute atomic E-state index is 11.3. The van der Waals surface area contributed by atoms with Gasteiger partial charge in [0.15, 0.2) is 0 Å². The van der Waals surface area contributed by atoms with Crippen LogP contribution in [0.5, 0.6) is 0 Å². The van der Waals surface area contributed by atoms with E-state index in [2.05, 4.69) is 4.74 Å². The van der Waals surface area contributed by atoms with Crippen LogP contribution in [0.4, 0.5) is 0 Å². The van der Waals surface area contributed by atoms with Crippen molar-refractivity contribution < 1.29 is 14.3 Å². The number of carbonyl (C=O) groups is 2. The molecule has 0 radical (unpaired) electrons. The lowest BCUT2D eigenvalue weighted by atomic mass is 9.84. The molecule has 0 unspecified atom stereocenters. The zero-order valence-corrected chi connectivity index (χ0v) is 11.4. The van der Waals surface area contributed by atoms with Crippen LogP contribution in [0.3, 0.4) is 0 Å². The first-order valence-corrected chi connectivity index (χ1v) is 6.88. The molecule has 0 atom stereocenters. The van der Waals surface area contributed by atoms with E-state index in [4.69, 9.17) is 0 Å². The van der Waals surface area contributed by atoms with E-state index in [-0.39, 0.29) is 5.97 Å². The van der Waals surface area contributed by atoms with Gasteiger partial charge in [0.05, 0.1) is 12.7 Å². The molecule has 1 aliphatic carbocycles. The summed E-state index contributed by atoms with van der Waals surface area (Å²) in [5, 5.41) is 0. The molecule has 1 aromatic carbocycles. The third-order valence-corrected chi connectivity index (χ3v) is 3.88. The maximum atomic E-state index is 11.3. The van der Waals surface area contributed by atoms with E-state index < -0.39 is 0 Å². The topological polar surface area (TPSA) is 43.4 Å². The van der Waals surface area contributed by atoms with Gasteiger partial charge in [0.2, 0.25) is 0 Å². The largest absolute Gasteiger partial charge is 0.465 e. The Kier molecular flexibility index (Phi) is 4.72. The summed E-state index contributed by atoms with van der Waals surface area (Å²) >= 11 is 0. The standard InChI is InChI=1S/C16H20O3/c1-19-16(18)14-8-4-12(5-9-14)2-3-13-6-10-15(17)11-7-13/h4-5,8-9,13H,2-3,6-7,10-11H2,1H3. The predicted octanol–water partition coefficient (Wildman–Crippen LogP) is 3.17. The Bertz CT molecular complexity index is 438. The number of esters is 1. The summed E-state index contributed by atoms with van der Waals surface area (Å²) in [6.45, 7) is 0. The van der Waals surface area contributed by atoms with Crippen LogP contribution in [0.2, 0.25) is 0 Å². The first kappa shape index (κ1) is 13.8. The lowest BCUT2D eigenvalue weighted by molar-refractivity contribution is -0.121. The molecule has 19 heavy (non-hydrogen) atoms. The molecule has 0 aliphatic heterocycles. The lowest BCUT2D eigenvalue weighted by Gasteiger charge is -2.20. The van der Waals surface area contributed by atoms with Crippen LogP contribution in [-0.4, -0.2) is 18.9 Å². The Balaban J connectivity index is 1.83. The lowest BCUT2D eigenvalue weighted by Crippen LogP contribution is -2.14. The highest BCUT2D eigenvalue weighted by molar-refractivity contribution is 5.89. The number of Topliss-reactive ketones (excluding diaryl/α,β-unsaturated/α-hetero) is 1. The van der Waals surface area contributed by atoms with Gasteiger partial charge in [-0.1, -0.05) is 12.1 Å². The van der Waals surface area contributed by atoms with Gasteiger partial charge < -0.3 is 4.74 Å². The third-order valence-electron chi connectivity index (χ3n) is 3.88. The van der Waals surface area contributed by atoms with E-state index >= 15 is 0 Å². The van der Waals surface area contributed by atoms with Crippen LogP contribution in [0.15, 0.2) is 24.3 Å². The Morgan fingerprint density at radius 2 is 1.84 bits per heavy atom. The number of ether oxygens (including phenoxy) is 1. The molecule has 2 rings (SSSR count). The van der Waals surface area contributed by atoms with Gasteiger partial charge in [-0.3, -0.25) is 4.79 Å². The Hall–Kier alpha value is -1.64. The number of hydrogen-bond donors (Lipinski definition) is 0. The molecule has 0 spiro atoms. The average molecular weight is 260 g/mol. The van der Waals surface area contributed by atoms with Gasteiger partial charge in [-0.15, -0.1) is 0 Å². The van der Waals surface area contributed by atoms with Crippen LogP contribution in [0.25, 0.3) is 0 Å². The zero-order chi connectivity index (χ0) is 13.7. The summed E-state index contributed by atoms with van der Waals surface area (Å²) < 4.78 is 4.67. The van der Waals surface area contributed by atoms with Crippen LogP contribution >= 0.6 is 0 Å². The van der Waals surface area contributed by atoms with Crippen molar-refractivity contribution in [3.63, 3.8) is 0 Å². The van der Waals surface area contributed by atoms with Crippen molar-refractivity contribution >= 4 is 11.8 Å². The molecule has 1 aromatic rings. The van der Waals surface area contributed by atoms with E-state index in [0.29, 0.717) is 17.3 Å². The highest BCUT2D eigenvalue weighted by Crippen LogP contribution is 2.25. The molecule has 0 saturated heterocycles. The molecule has 0 N–H and O–H groups in total. The number of benzene rings is 1. The third kappa shape index (κ3) is 3.91. The number of carbonyl (C=O) groups excluding carboxylic acids is 2. The second kappa shape index (κ2) is 6.50. The molecule has 0 aromatic heterocycles. The summed E-state index contributed by atoms with van der Waals surface area (Å²) in [5.41, 5.74) is 1.83. The van der Waals surface area contributed by atoms with Crippen molar-refractivity contribution in [2.45, 2.75) is 38.5 Å². The van der Waals surface area contributed by atoms with Crippen LogP contribution < -0.4 is 0 Å². The van der Waals surface area contributed by atoms with E-state index in [9.17, 15) is 9.59 Å². The number of hydrogen-bond acceptors (Lipinski definition) is 3.